The number of carbonyl (C=O) groups is 1. The largest absolute Gasteiger partial charge is 0.386 e. The van der Waals surface area contributed by atoms with E-state index in [1.54, 1.807) is 0 Å². The molecule has 6 heteroatoms. The summed E-state index contributed by atoms with van der Waals surface area (Å²) >= 11 is 0. The second-order valence-electron chi connectivity index (χ2n) is 2.24. The number of halogens is 3. The Morgan fingerprint density at radius 2 is 2.08 bits per heavy atom. The van der Waals surface area contributed by atoms with Crippen LogP contribution >= 0.6 is 0 Å². The molecule has 0 rings (SSSR count). The smallest absolute Gasteiger partial charge is 0.354 e. The van der Waals surface area contributed by atoms with Crippen LogP contribution < -0.4 is 0 Å². The van der Waals surface area contributed by atoms with Crippen molar-refractivity contribution >= 4 is 5.97 Å². The summed E-state index contributed by atoms with van der Waals surface area (Å²) in [7, 11) is 0. The molecular weight excluding hydrogens is 177 g/mol. The minimum absolute atomic E-state index is 0.103. The van der Waals surface area contributed by atoms with Gasteiger partial charge in [0, 0.05) is 4.53 Å². The maximum absolute atomic E-state index is 11.8. The summed E-state index contributed by atoms with van der Waals surface area (Å²) < 4.78 is 34.8. The Balaban J connectivity index is 4.23. The van der Waals surface area contributed by atoms with E-state index >= 15 is 0 Å². The van der Waals surface area contributed by atoms with Crippen molar-refractivity contribution in [2.45, 2.75) is 25.9 Å². The summed E-state index contributed by atoms with van der Waals surface area (Å²) in [6, 6.07) is 0. The molecule has 0 bridgehead atoms. The molecule has 0 heterocycles. The van der Waals surface area contributed by atoms with Crippen molar-refractivity contribution in [3.05, 3.63) is 0 Å². The molecule has 0 fully saturated rings. The van der Waals surface area contributed by atoms with E-state index in [1.807, 2.05) is 0 Å². The lowest BCUT2D eigenvalue weighted by molar-refractivity contribution is -0.196. The number of aliphatic hydroxyl groups excluding tert-OH is 1. The molecule has 1 N–H and O–H groups in total. The topological polar surface area (TPSA) is 46.5 Å². The minimum atomic E-state index is -3.07. The molecule has 0 aromatic carbocycles. The fourth-order valence-corrected chi connectivity index (χ4v) is 0.780. The molecule has 72 valence electrons. The number of carbonyl (C=O) groups excluding carboxylic acids is 1. The van der Waals surface area contributed by atoms with Crippen LogP contribution in [-0.4, -0.2) is 23.6 Å². The lowest BCUT2D eigenvalue weighted by atomic mass is 10.0. The quantitative estimate of drug-likeness (QED) is 0.714. The minimum Gasteiger partial charge on any atom is -0.386 e. The molecule has 12 heavy (non-hydrogen) atoms. The Morgan fingerprint density at radius 1 is 1.58 bits per heavy atom. The van der Waals surface area contributed by atoms with E-state index in [4.69, 9.17) is 5.11 Å². The summed E-state index contributed by atoms with van der Waals surface area (Å²) in [5.74, 6) is -2.97. The molecule has 0 aromatic heterocycles. The maximum Gasteiger partial charge on any atom is 0.354 e. The van der Waals surface area contributed by atoms with Gasteiger partial charge in [0.05, 0.1) is 5.92 Å². The van der Waals surface area contributed by atoms with Crippen molar-refractivity contribution in [3.63, 3.8) is 0 Å². The number of hydrogen-bond acceptors (Lipinski definition) is 3. The van der Waals surface area contributed by atoms with Gasteiger partial charge in [-0.05, 0) is 6.42 Å². The molecule has 0 spiro atoms. The molecule has 0 radical (unpaired) electrons. The number of hydrogen-bond donors (Lipinski definition) is 1. The number of alkyl halides is 2. The highest BCUT2D eigenvalue weighted by atomic mass is 19.3. The standard InChI is InChI=1S/C6H9F3O3/c1-2-3(6(11)12-9)4(10)5(7)8/h3-5,10H,2H2,1H3. The van der Waals surface area contributed by atoms with E-state index in [9.17, 15) is 18.1 Å². The predicted octanol–water partition coefficient (Wildman–Crippen LogP) is 1.07. The van der Waals surface area contributed by atoms with Crippen molar-refractivity contribution in [1.29, 1.82) is 0 Å². The molecule has 3 nitrogen and oxygen atoms in total. The SMILES string of the molecule is CCC(C(=O)OF)C(O)C(F)F. The molecule has 0 saturated heterocycles. The van der Waals surface area contributed by atoms with Gasteiger partial charge in [-0.25, -0.2) is 13.6 Å². The summed E-state index contributed by atoms with van der Waals surface area (Å²) in [6.07, 6.45) is -5.35. The Labute approximate surface area is 67.0 Å². The maximum atomic E-state index is 11.8. The molecule has 0 aliphatic heterocycles. The summed E-state index contributed by atoms with van der Waals surface area (Å²) in [5.41, 5.74) is 0. The molecule has 2 unspecified atom stereocenters. The lowest BCUT2D eigenvalue weighted by Gasteiger charge is -2.16. The Kier molecular flexibility index (Phi) is 4.65. The van der Waals surface area contributed by atoms with E-state index < -0.39 is 24.4 Å². The van der Waals surface area contributed by atoms with E-state index in [0.29, 0.717) is 0 Å². The Hall–Kier alpha value is -0.780. The van der Waals surface area contributed by atoms with Crippen molar-refractivity contribution in [3.8, 4) is 0 Å². The second kappa shape index (κ2) is 4.97. The molecule has 0 aromatic rings. The van der Waals surface area contributed by atoms with E-state index in [0.717, 1.165) is 0 Å². The van der Waals surface area contributed by atoms with Crippen molar-refractivity contribution in [2.24, 2.45) is 5.92 Å². The second-order valence-corrected chi connectivity index (χ2v) is 2.24. The van der Waals surface area contributed by atoms with Crippen molar-refractivity contribution < 1.29 is 28.1 Å². The summed E-state index contributed by atoms with van der Waals surface area (Å²) in [4.78, 5) is 13.1. The fourth-order valence-electron chi connectivity index (χ4n) is 0.780. The first-order valence-corrected chi connectivity index (χ1v) is 3.33. The van der Waals surface area contributed by atoms with Gasteiger partial charge in [0.1, 0.15) is 6.10 Å². The summed E-state index contributed by atoms with van der Waals surface area (Å²) in [5, 5.41) is 8.67. The van der Waals surface area contributed by atoms with Gasteiger partial charge >= 0.3 is 5.97 Å². The van der Waals surface area contributed by atoms with Crippen LogP contribution in [0.25, 0.3) is 0 Å². The summed E-state index contributed by atoms with van der Waals surface area (Å²) in [6.45, 7) is 1.37. The van der Waals surface area contributed by atoms with E-state index in [2.05, 4.69) is 4.94 Å². The first-order chi connectivity index (χ1) is 5.54. The zero-order chi connectivity index (χ0) is 9.72. The highest BCUT2D eigenvalue weighted by Gasteiger charge is 2.33. The number of rotatable bonds is 4. The fraction of sp³-hybridized carbons (Fsp3) is 0.833. The Bertz CT molecular complexity index is 151. The highest BCUT2D eigenvalue weighted by Crippen LogP contribution is 2.17. The Morgan fingerprint density at radius 3 is 2.33 bits per heavy atom. The van der Waals surface area contributed by atoms with E-state index in [-0.39, 0.29) is 6.42 Å². The van der Waals surface area contributed by atoms with E-state index in [1.165, 1.54) is 6.92 Å². The molecular formula is C6H9F3O3. The third-order valence-corrected chi connectivity index (χ3v) is 1.49. The average molecular weight is 186 g/mol. The highest BCUT2D eigenvalue weighted by molar-refractivity contribution is 5.72. The van der Waals surface area contributed by atoms with Gasteiger partial charge < -0.3 is 5.11 Å². The van der Waals surface area contributed by atoms with Crippen LogP contribution in [0, 0.1) is 5.92 Å². The molecule has 2 atom stereocenters. The zero-order valence-corrected chi connectivity index (χ0v) is 6.34. The van der Waals surface area contributed by atoms with Crippen LogP contribution in [0.5, 0.6) is 0 Å². The van der Waals surface area contributed by atoms with Crippen molar-refractivity contribution in [2.75, 3.05) is 0 Å². The molecule has 0 amide bonds. The third-order valence-electron chi connectivity index (χ3n) is 1.49. The van der Waals surface area contributed by atoms with Gasteiger partial charge in [0.25, 0.3) is 6.43 Å². The number of aliphatic hydroxyl groups is 1. The van der Waals surface area contributed by atoms with Crippen LogP contribution in [0.1, 0.15) is 13.3 Å². The third kappa shape index (κ3) is 2.69. The first-order valence-electron chi connectivity index (χ1n) is 3.33. The zero-order valence-electron chi connectivity index (χ0n) is 6.34. The normalized spacial score (nSPS) is 15.8. The van der Waals surface area contributed by atoms with Crippen LogP contribution in [-0.2, 0) is 9.74 Å². The molecule has 0 saturated carbocycles. The first kappa shape index (κ1) is 11.2. The van der Waals surface area contributed by atoms with Crippen LogP contribution in [0.15, 0.2) is 0 Å². The molecule has 0 aliphatic carbocycles. The van der Waals surface area contributed by atoms with Gasteiger partial charge in [-0.15, -0.1) is 0 Å². The van der Waals surface area contributed by atoms with Gasteiger partial charge in [0.15, 0.2) is 0 Å². The van der Waals surface area contributed by atoms with Crippen molar-refractivity contribution in [1.82, 2.24) is 0 Å². The van der Waals surface area contributed by atoms with Crippen LogP contribution in [0.4, 0.5) is 13.3 Å². The molecule has 0 aliphatic rings. The predicted molar refractivity (Wildman–Crippen MR) is 33.0 cm³/mol. The van der Waals surface area contributed by atoms with Gasteiger partial charge in [-0.1, -0.05) is 6.92 Å². The van der Waals surface area contributed by atoms with Gasteiger partial charge in [-0.3, -0.25) is 4.94 Å². The lowest BCUT2D eigenvalue weighted by Crippen LogP contribution is -2.33. The van der Waals surface area contributed by atoms with Gasteiger partial charge in [0.2, 0.25) is 0 Å². The van der Waals surface area contributed by atoms with Crippen LogP contribution in [0.2, 0.25) is 0 Å². The van der Waals surface area contributed by atoms with Gasteiger partial charge in [-0.2, -0.15) is 0 Å². The monoisotopic (exact) mass is 186 g/mol. The van der Waals surface area contributed by atoms with Crippen LogP contribution in [0.3, 0.4) is 0 Å². The average Bonchev–Trinajstić information content (AvgIpc) is 2.05.